The fourth-order valence-corrected chi connectivity index (χ4v) is 1.86. The number of carboxylic acids is 1. The molecule has 0 radical (unpaired) electrons. The molecule has 2 aromatic rings. The van der Waals surface area contributed by atoms with E-state index >= 15 is 0 Å². The number of aliphatic carboxylic acids is 1. The van der Waals surface area contributed by atoms with Crippen molar-refractivity contribution >= 4 is 5.97 Å². The Hall–Kier alpha value is -2.10. The molecule has 3 nitrogen and oxygen atoms in total. The number of benzene rings is 1. The van der Waals surface area contributed by atoms with Gasteiger partial charge in [-0.2, -0.15) is 0 Å². The first-order chi connectivity index (χ1) is 9.15. The van der Waals surface area contributed by atoms with Crippen molar-refractivity contribution in [2.75, 3.05) is 0 Å². The standard InChI is InChI=1S/C15H15FO3/c16-12-7-5-11(6-8-12)14-10-9-13(19-14)3-1-2-4-15(17)18/h5-10H,1-4H2,(H,17,18). The predicted molar refractivity (Wildman–Crippen MR) is 69.3 cm³/mol. The first-order valence-corrected chi connectivity index (χ1v) is 6.21. The normalized spacial score (nSPS) is 10.6. The Morgan fingerprint density at radius 2 is 1.84 bits per heavy atom. The molecule has 0 amide bonds. The van der Waals surface area contributed by atoms with E-state index in [9.17, 15) is 9.18 Å². The van der Waals surface area contributed by atoms with Gasteiger partial charge in [-0.3, -0.25) is 4.79 Å². The molecule has 0 unspecified atom stereocenters. The molecule has 1 heterocycles. The topological polar surface area (TPSA) is 50.4 Å². The monoisotopic (exact) mass is 262 g/mol. The number of hydrogen-bond donors (Lipinski definition) is 1. The van der Waals surface area contributed by atoms with Gasteiger partial charge in [0.25, 0.3) is 0 Å². The highest BCUT2D eigenvalue weighted by Gasteiger charge is 2.05. The highest BCUT2D eigenvalue weighted by molar-refractivity contribution is 5.66. The predicted octanol–water partition coefficient (Wildman–Crippen LogP) is 3.88. The summed E-state index contributed by atoms with van der Waals surface area (Å²) < 4.78 is 18.4. The van der Waals surface area contributed by atoms with Crippen LogP contribution in [-0.2, 0) is 11.2 Å². The maximum Gasteiger partial charge on any atom is 0.303 e. The number of rotatable bonds is 6. The zero-order chi connectivity index (χ0) is 13.7. The van der Waals surface area contributed by atoms with Gasteiger partial charge in [0.1, 0.15) is 17.3 Å². The fraction of sp³-hybridized carbons (Fsp3) is 0.267. The number of halogens is 1. The lowest BCUT2D eigenvalue weighted by Gasteiger charge is -1.98. The van der Waals surface area contributed by atoms with Crippen LogP contribution in [0.5, 0.6) is 0 Å². The Morgan fingerprint density at radius 1 is 1.11 bits per heavy atom. The zero-order valence-corrected chi connectivity index (χ0v) is 10.4. The second-order valence-electron chi connectivity index (χ2n) is 4.37. The first kappa shape index (κ1) is 13.3. The van der Waals surface area contributed by atoms with E-state index in [0.717, 1.165) is 17.7 Å². The van der Waals surface area contributed by atoms with Crippen LogP contribution in [0.15, 0.2) is 40.8 Å². The molecule has 1 N–H and O–H groups in total. The summed E-state index contributed by atoms with van der Waals surface area (Å²) in [4.78, 5) is 10.4. The van der Waals surface area contributed by atoms with Crippen molar-refractivity contribution in [3.63, 3.8) is 0 Å². The Balaban J connectivity index is 1.91. The van der Waals surface area contributed by atoms with Crippen LogP contribution in [0.4, 0.5) is 4.39 Å². The largest absolute Gasteiger partial charge is 0.481 e. The average Bonchev–Trinajstić information content (AvgIpc) is 2.84. The maximum atomic E-state index is 12.8. The Labute approximate surface area is 110 Å². The van der Waals surface area contributed by atoms with E-state index < -0.39 is 5.97 Å². The Kier molecular flexibility index (Phi) is 4.34. The van der Waals surface area contributed by atoms with E-state index in [1.54, 1.807) is 12.1 Å². The lowest BCUT2D eigenvalue weighted by molar-refractivity contribution is -0.137. The van der Waals surface area contributed by atoms with Crippen LogP contribution in [0.2, 0.25) is 0 Å². The van der Waals surface area contributed by atoms with E-state index in [4.69, 9.17) is 9.52 Å². The first-order valence-electron chi connectivity index (χ1n) is 6.21. The van der Waals surface area contributed by atoms with Crippen molar-refractivity contribution in [2.45, 2.75) is 25.7 Å². The van der Waals surface area contributed by atoms with Gasteiger partial charge in [-0.05, 0) is 49.2 Å². The van der Waals surface area contributed by atoms with Crippen molar-refractivity contribution in [3.8, 4) is 11.3 Å². The van der Waals surface area contributed by atoms with Crippen molar-refractivity contribution in [2.24, 2.45) is 0 Å². The average molecular weight is 262 g/mol. The second-order valence-corrected chi connectivity index (χ2v) is 4.37. The lowest BCUT2D eigenvalue weighted by Crippen LogP contribution is -1.94. The van der Waals surface area contributed by atoms with Crippen LogP contribution in [0, 0.1) is 5.82 Å². The molecule has 0 fully saturated rings. The molecule has 100 valence electrons. The molecular formula is C15H15FO3. The number of unbranched alkanes of at least 4 members (excludes halogenated alkanes) is 1. The van der Waals surface area contributed by atoms with E-state index in [1.807, 2.05) is 12.1 Å². The summed E-state index contributed by atoms with van der Waals surface area (Å²) in [6, 6.07) is 9.85. The van der Waals surface area contributed by atoms with Gasteiger partial charge in [-0.25, -0.2) is 4.39 Å². The van der Waals surface area contributed by atoms with E-state index in [0.29, 0.717) is 18.6 Å². The fourth-order valence-electron chi connectivity index (χ4n) is 1.86. The van der Waals surface area contributed by atoms with Crippen LogP contribution in [0.1, 0.15) is 25.0 Å². The molecule has 0 aliphatic rings. The van der Waals surface area contributed by atoms with Gasteiger partial charge in [0.15, 0.2) is 0 Å². The maximum absolute atomic E-state index is 12.8. The summed E-state index contributed by atoms with van der Waals surface area (Å²) >= 11 is 0. The number of hydrogen-bond acceptors (Lipinski definition) is 2. The number of aryl methyl sites for hydroxylation is 1. The van der Waals surface area contributed by atoms with E-state index in [2.05, 4.69) is 0 Å². The molecular weight excluding hydrogens is 247 g/mol. The molecule has 19 heavy (non-hydrogen) atoms. The van der Waals surface area contributed by atoms with Crippen molar-refractivity contribution in [3.05, 3.63) is 48.0 Å². The summed E-state index contributed by atoms with van der Waals surface area (Å²) in [7, 11) is 0. The molecule has 0 spiro atoms. The SMILES string of the molecule is O=C(O)CCCCc1ccc(-c2ccc(F)cc2)o1. The zero-order valence-electron chi connectivity index (χ0n) is 10.4. The van der Waals surface area contributed by atoms with Crippen LogP contribution in [-0.4, -0.2) is 11.1 Å². The van der Waals surface area contributed by atoms with E-state index in [1.165, 1.54) is 12.1 Å². The lowest BCUT2D eigenvalue weighted by atomic mass is 10.1. The van der Waals surface area contributed by atoms with Crippen LogP contribution in [0.3, 0.4) is 0 Å². The van der Waals surface area contributed by atoms with Gasteiger partial charge in [0.05, 0.1) is 0 Å². The van der Waals surface area contributed by atoms with Crippen molar-refractivity contribution < 1.29 is 18.7 Å². The smallest absolute Gasteiger partial charge is 0.303 e. The third-order valence-electron chi connectivity index (χ3n) is 2.85. The molecule has 1 aromatic carbocycles. The minimum atomic E-state index is -0.772. The molecule has 0 saturated carbocycles. The summed E-state index contributed by atoms with van der Waals surface area (Å²) in [6.45, 7) is 0. The Bertz CT molecular complexity index is 543. The minimum absolute atomic E-state index is 0.186. The van der Waals surface area contributed by atoms with Gasteiger partial charge in [0, 0.05) is 18.4 Å². The van der Waals surface area contributed by atoms with Crippen molar-refractivity contribution in [1.29, 1.82) is 0 Å². The van der Waals surface area contributed by atoms with Crippen LogP contribution < -0.4 is 0 Å². The quantitative estimate of drug-likeness (QED) is 0.803. The molecule has 0 bridgehead atoms. The van der Waals surface area contributed by atoms with Gasteiger partial charge < -0.3 is 9.52 Å². The second kappa shape index (κ2) is 6.18. The van der Waals surface area contributed by atoms with Gasteiger partial charge in [0.2, 0.25) is 0 Å². The summed E-state index contributed by atoms with van der Waals surface area (Å²) in [5.41, 5.74) is 0.832. The van der Waals surface area contributed by atoms with Gasteiger partial charge in [-0.15, -0.1) is 0 Å². The highest BCUT2D eigenvalue weighted by atomic mass is 19.1. The van der Waals surface area contributed by atoms with Gasteiger partial charge in [-0.1, -0.05) is 0 Å². The minimum Gasteiger partial charge on any atom is -0.481 e. The molecule has 4 heteroatoms. The molecule has 2 rings (SSSR count). The number of carboxylic acid groups (broad SMARTS) is 1. The third-order valence-corrected chi connectivity index (χ3v) is 2.85. The van der Waals surface area contributed by atoms with Crippen LogP contribution >= 0.6 is 0 Å². The summed E-state index contributed by atoms with van der Waals surface area (Å²) in [5.74, 6) is 0.480. The molecule has 0 aliphatic carbocycles. The highest BCUT2D eigenvalue weighted by Crippen LogP contribution is 2.23. The molecule has 0 saturated heterocycles. The molecule has 0 aliphatic heterocycles. The molecule has 1 aromatic heterocycles. The molecule has 0 atom stereocenters. The van der Waals surface area contributed by atoms with E-state index in [-0.39, 0.29) is 12.2 Å². The van der Waals surface area contributed by atoms with Crippen LogP contribution in [0.25, 0.3) is 11.3 Å². The third kappa shape index (κ3) is 3.95. The van der Waals surface area contributed by atoms with Gasteiger partial charge >= 0.3 is 5.97 Å². The summed E-state index contributed by atoms with van der Waals surface area (Å²) in [6.07, 6.45) is 2.32. The Morgan fingerprint density at radius 3 is 2.53 bits per heavy atom. The summed E-state index contributed by atoms with van der Waals surface area (Å²) in [5, 5.41) is 8.53. The number of furan rings is 1. The van der Waals surface area contributed by atoms with Crippen molar-refractivity contribution in [1.82, 2.24) is 0 Å². The number of carbonyl (C=O) groups is 1.